The largest absolute Gasteiger partial charge is 0.456 e. The van der Waals surface area contributed by atoms with E-state index in [4.69, 9.17) is 20.0 Å². The Morgan fingerprint density at radius 1 is 0.604 bits per heavy atom. The Morgan fingerprint density at radius 3 is 1.51 bits per heavy atom. The van der Waals surface area contributed by atoms with Crippen molar-refractivity contribution in [2.45, 2.75) is 36.2 Å². The van der Waals surface area contributed by atoms with Crippen LogP contribution in [0.25, 0.3) is 0 Å². The van der Waals surface area contributed by atoms with Gasteiger partial charge >= 0.3 is 23.7 Å². The number of aliphatic hydroxyl groups is 1. The van der Waals surface area contributed by atoms with Crippen molar-refractivity contribution in [1.82, 2.24) is 0 Å². The zero-order valence-electron chi connectivity index (χ0n) is 26.0. The third-order valence-corrected chi connectivity index (χ3v) is 8.09. The van der Waals surface area contributed by atoms with E-state index in [1.165, 1.54) is 12.1 Å². The van der Waals surface area contributed by atoms with Crippen molar-refractivity contribution < 1.29 is 63.3 Å². The molecule has 18 heteroatoms. The number of rotatable bonds is 4. The van der Waals surface area contributed by atoms with Crippen LogP contribution in [0.3, 0.4) is 0 Å². The van der Waals surface area contributed by atoms with Crippen LogP contribution in [0, 0.1) is 57.0 Å². The highest BCUT2D eigenvalue weighted by Gasteiger charge is 2.75. The first-order valence-corrected chi connectivity index (χ1v) is 14.3. The van der Waals surface area contributed by atoms with Gasteiger partial charge in [-0.25, -0.2) is 8.78 Å². The molecule has 268 valence electrons. The fourth-order valence-corrected chi connectivity index (χ4v) is 5.55. The lowest BCUT2D eigenvalue weighted by molar-refractivity contribution is -0.280. The summed E-state index contributed by atoms with van der Waals surface area (Å²) in [6.45, 7) is 0.479. The molecule has 2 aliphatic rings. The number of benzene rings is 4. The molecule has 0 saturated heterocycles. The van der Waals surface area contributed by atoms with E-state index >= 15 is 0 Å². The second kappa shape index (κ2) is 12.5. The van der Waals surface area contributed by atoms with E-state index in [2.05, 4.69) is 0 Å². The predicted octanol–water partition coefficient (Wildman–Crippen LogP) is 8.59. The summed E-state index contributed by atoms with van der Waals surface area (Å²) >= 11 is 0. The van der Waals surface area contributed by atoms with Gasteiger partial charge in [0.2, 0.25) is 5.78 Å². The lowest BCUT2D eigenvalue weighted by Crippen LogP contribution is -2.47. The molecule has 1 unspecified atom stereocenters. The highest BCUT2D eigenvalue weighted by molar-refractivity contribution is 6.09. The Labute approximate surface area is 290 Å². The maximum atomic E-state index is 14.1. The molecular formula is C35H14F10N4O4. The van der Waals surface area contributed by atoms with Crippen LogP contribution in [-0.2, 0) is 17.4 Å². The zero-order chi connectivity index (χ0) is 39.5. The summed E-state index contributed by atoms with van der Waals surface area (Å²) in [4.78, 5) is 11.7. The van der Waals surface area contributed by atoms with Crippen molar-refractivity contribution in [3.05, 3.63) is 117 Å². The Bertz CT molecular complexity index is 2400. The zero-order valence-corrected chi connectivity index (χ0v) is 26.0. The summed E-state index contributed by atoms with van der Waals surface area (Å²) in [5, 5.41) is 46.2. The van der Waals surface area contributed by atoms with Crippen molar-refractivity contribution in [1.29, 1.82) is 21.0 Å². The van der Waals surface area contributed by atoms with E-state index in [1.807, 2.05) is 0 Å². The molecule has 8 nitrogen and oxygen atoms in total. The SMILES string of the molecule is CC1(O)c2c(ccc(Oc3cc(F)cc(C#N)c3)c2C#N)C(F)(F)C1(F)F.N#Cc1cc(F)cc(Oc2ccc3c(c2C#N)C(=O)C(F)(F)C3(F)F)c1. The number of ether oxygens (including phenoxy) is 2. The molecule has 0 bridgehead atoms. The van der Waals surface area contributed by atoms with E-state index in [9.17, 15) is 64.3 Å². The number of carbonyl (C=O) groups excluding carboxylic acids is 1. The average Bonchev–Trinajstić information content (AvgIpc) is 3.29. The van der Waals surface area contributed by atoms with E-state index in [0.29, 0.717) is 19.1 Å². The third kappa shape index (κ3) is 5.70. The molecule has 0 saturated carbocycles. The van der Waals surface area contributed by atoms with Crippen LogP contribution < -0.4 is 9.47 Å². The van der Waals surface area contributed by atoms with Gasteiger partial charge in [0.25, 0.3) is 0 Å². The second-order valence-corrected chi connectivity index (χ2v) is 11.4. The topological polar surface area (TPSA) is 151 Å². The van der Waals surface area contributed by atoms with E-state index in [0.717, 1.165) is 48.5 Å². The van der Waals surface area contributed by atoms with Gasteiger partial charge in [-0.2, -0.15) is 56.2 Å². The molecular weight excluding hydrogens is 730 g/mol. The van der Waals surface area contributed by atoms with E-state index in [-0.39, 0.29) is 22.6 Å². The van der Waals surface area contributed by atoms with Gasteiger partial charge in [-0.15, -0.1) is 0 Å². The summed E-state index contributed by atoms with van der Waals surface area (Å²) in [6.07, 6.45) is 0. The fourth-order valence-electron chi connectivity index (χ4n) is 5.55. The summed E-state index contributed by atoms with van der Waals surface area (Å²) in [5.41, 5.74) is -9.73. The number of fused-ring (bicyclic) bond motifs is 2. The van der Waals surface area contributed by atoms with Gasteiger partial charge in [-0.3, -0.25) is 4.79 Å². The standard InChI is InChI=1S/C18H9F5N2O2.C17H5F5N2O2/c1-16(26)15-12(8-25)14(3-2-13(15)17(20,21)18(16,22)23)27-11-5-9(7-24)4-10(19)6-11;18-9-3-8(6-23)4-10(5-9)26-13-2-1-12-14(11(13)7-24)15(25)17(21,22)16(12,19)20/h2-6,26H,1H3;1-5H. The van der Waals surface area contributed by atoms with Gasteiger partial charge in [-0.05, 0) is 55.5 Å². The molecule has 4 aromatic rings. The first-order chi connectivity index (χ1) is 24.6. The third-order valence-electron chi connectivity index (χ3n) is 8.09. The number of nitrogens with zero attached hydrogens (tertiary/aromatic N) is 4. The molecule has 0 aromatic heterocycles. The minimum atomic E-state index is -4.99. The molecule has 4 aromatic carbocycles. The minimum absolute atomic E-state index is 0.116. The Kier molecular flexibility index (Phi) is 8.91. The molecule has 0 heterocycles. The molecule has 0 amide bonds. The molecule has 6 rings (SSSR count). The number of alkyl halides is 8. The van der Waals surface area contributed by atoms with E-state index < -0.39 is 91.6 Å². The van der Waals surface area contributed by atoms with Gasteiger partial charge in [0.05, 0.1) is 28.8 Å². The van der Waals surface area contributed by atoms with Gasteiger partial charge < -0.3 is 14.6 Å². The van der Waals surface area contributed by atoms with Crippen molar-refractivity contribution in [2.75, 3.05) is 0 Å². The van der Waals surface area contributed by atoms with Crippen LogP contribution in [0.15, 0.2) is 60.7 Å². The normalized spacial score (nSPS) is 19.2. The quantitative estimate of drug-likeness (QED) is 0.204. The van der Waals surface area contributed by atoms with Gasteiger partial charge in [0.15, 0.2) is 5.60 Å². The van der Waals surface area contributed by atoms with Crippen molar-refractivity contribution in [3.8, 4) is 47.3 Å². The van der Waals surface area contributed by atoms with Gasteiger partial charge in [0, 0.05) is 28.8 Å². The number of hydrogen-bond acceptors (Lipinski definition) is 8. The Morgan fingerprint density at radius 2 is 1.06 bits per heavy atom. The van der Waals surface area contributed by atoms with Crippen molar-refractivity contribution in [3.63, 3.8) is 0 Å². The number of ketones is 1. The maximum absolute atomic E-state index is 14.1. The van der Waals surface area contributed by atoms with Crippen LogP contribution in [0.5, 0.6) is 23.0 Å². The lowest BCUT2D eigenvalue weighted by Gasteiger charge is -2.29. The molecule has 2 aliphatic carbocycles. The number of halogens is 10. The minimum Gasteiger partial charge on any atom is -0.456 e. The number of nitriles is 4. The van der Waals surface area contributed by atoms with Gasteiger partial charge in [0.1, 0.15) is 57.9 Å². The van der Waals surface area contributed by atoms with Crippen LogP contribution in [-0.4, -0.2) is 22.7 Å². The lowest BCUT2D eigenvalue weighted by atomic mass is 9.91. The Balaban J connectivity index is 0.000000204. The monoisotopic (exact) mass is 744 g/mol. The summed E-state index contributed by atoms with van der Waals surface area (Å²) < 4.78 is 149. The smallest absolute Gasteiger partial charge is 0.376 e. The molecule has 1 atom stereocenters. The first kappa shape index (κ1) is 37.6. The maximum Gasteiger partial charge on any atom is 0.376 e. The molecule has 1 N–H and O–H groups in total. The van der Waals surface area contributed by atoms with Crippen LogP contribution in [0.1, 0.15) is 56.2 Å². The van der Waals surface area contributed by atoms with E-state index in [1.54, 1.807) is 12.1 Å². The Hall–Kier alpha value is -6.63. The summed E-state index contributed by atoms with van der Waals surface area (Å²) in [5.74, 6) is -24.7. The molecule has 0 spiro atoms. The number of Topliss-reactive ketones (excluding diaryl/α,β-unsaturated/α-hetero) is 1. The fraction of sp³-hybridized carbons (Fsp3) is 0.171. The highest BCUT2D eigenvalue weighted by atomic mass is 19.3. The van der Waals surface area contributed by atoms with Crippen LogP contribution >= 0.6 is 0 Å². The van der Waals surface area contributed by atoms with Crippen LogP contribution in [0.2, 0.25) is 0 Å². The summed E-state index contributed by atoms with van der Waals surface area (Å²) in [6, 6.07) is 14.7. The van der Waals surface area contributed by atoms with Gasteiger partial charge in [-0.1, -0.05) is 0 Å². The molecule has 0 radical (unpaired) electrons. The molecule has 0 aliphatic heterocycles. The first-order valence-electron chi connectivity index (χ1n) is 14.3. The van der Waals surface area contributed by atoms with Crippen molar-refractivity contribution in [2.24, 2.45) is 0 Å². The molecule has 53 heavy (non-hydrogen) atoms. The van der Waals surface area contributed by atoms with Crippen molar-refractivity contribution >= 4 is 5.78 Å². The predicted molar refractivity (Wildman–Crippen MR) is 156 cm³/mol. The average molecular weight is 745 g/mol. The summed E-state index contributed by atoms with van der Waals surface area (Å²) in [7, 11) is 0. The van der Waals surface area contributed by atoms with Crippen LogP contribution in [0.4, 0.5) is 43.9 Å². The number of hydrogen-bond donors (Lipinski definition) is 1. The molecule has 0 fully saturated rings. The second-order valence-electron chi connectivity index (χ2n) is 11.4. The number of carbonyl (C=O) groups is 1. The highest BCUT2D eigenvalue weighted by Crippen LogP contribution is 2.62.